The molecule has 1 aromatic rings. The Morgan fingerprint density at radius 1 is 1.11 bits per heavy atom. The second-order valence-corrected chi connectivity index (χ2v) is 8.50. The van der Waals surface area contributed by atoms with Crippen molar-refractivity contribution in [2.24, 2.45) is 0 Å². The van der Waals surface area contributed by atoms with Crippen LogP contribution in [-0.4, -0.2) is 53.8 Å². The maximum absolute atomic E-state index is 12.5. The number of rotatable bonds is 2. The number of carbonyl (C=O) groups excluding carboxylic acids is 3. The summed E-state index contributed by atoms with van der Waals surface area (Å²) >= 11 is 0. The summed E-state index contributed by atoms with van der Waals surface area (Å²) in [5.74, 6) is -0.751. The molecule has 1 unspecified atom stereocenters. The van der Waals surface area contributed by atoms with E-state index in [0.29, 0.717) is 5.92 Å². The van der Waals surface area contributed by atoms with Gasteiger partial charge in [0.05, 0.1) is 0 Å². The minimum absolute atomic E-state index is 0.0174. The van der Waals surface area contributed by atoms with Crippen LogP contribution in [0.2, 0.25) is 0 Å². The quantitative estimate of drug-likeness (QED) is 0.579. The van der Waals surface area contributed by atoms with Gasteiger partial charge in [-0.05, 0) is 74.9 Å². The van der Waals surface area contributed by atoms with E-state index in [-0.39, 0.29) is 11.1 Å². The van der Waals surface area contributed by atoms with Crippen molar-refractivity contribution in [3.63, 3.8) is 0 Å². The van der Waals surface area contributed by atoms with Gasteiger partial charge in [0.1, 0.15) is 5.57 Å². The molecule has 3 rings (SSSR count). The topological polar surface area (TPSA) is 60.9 Å². The lowest BCUT2D eigenvalue weighted by atomic mass is 9.79. The molecular weight excluding hydrogens is 354 g/mol. The molecule has 6 nitrogen and oxygen atoms in total. The van der Waals surface area contributed by atoms with Crippen LogP contribution in [0, 0.1) is 6.92 Å². The Balaban J connectivity index is 2.12. The Labute approximate surface area is 166 Å². The van der Waals surface area contributed by atoms with Crippen LogP contribution in [0.5, 0.6) is 0 Å². The first-order chi connectivity index (χ1) is 13.0. The SMILES string of the molecule is CCN1c2cc(C)c(C=C3C(=O)N(C)C(=O)N(C)C3=O)cc2C(C)CC1(C)C. The average molecular weight is 383 g/mol. The molecule has 150 valence electrons. The van der Waals surface area contributed by atoms with Crippen molar-refractivity contribution in [3.05, 3.63) is 34.4 Å². The van der Waals surface area contributed by atoms with Gasteiger partial charge in [0, 0.05) is 31.9 Å². The Kier molecular flexibility index (Phi) is 4.86. The summed E-state index contributed by atoms with van der Waals surface area (Å²) in [5, 5.41) is 0. The van der Waals surface area contributed by atoms with E-state index >= 15 is 0 Å². The van der Waals surface area contributed by atoms with E-state index in [0.717, 1.165) is 33.9 Å². The highest BCUT2D eigenvalue weighted by Crippen LogP contribution is 2.44. The molecule has 0 bridgehead atoms. The molecular formula is C22H29N3O3. The van der Waals surface area contributed by atoms with Crippen molar-refractivity contribution in [1.29, 1.82) is 0 Å². The van der Waals surface area contributed by atoms with Gasteiger partial charge < -0.3 is 4.90 Å². The lowest BCUT2D eigenvalue weighted by Crippen LogP contribution is -2.52. The number of amides is 4. The first-order valence-electron chi connectivity index (χ1n) is 9.73. The molecule has 1 aromatic carbocycles. The summed E-state index contributed by atoms with van der Waals surface area (Å²) in [6.07, 6.45) is 2.66. The number of benzene rings is 1. The molecule has 0 N–H and O–H groups in total. The predicted molar refractivity (Wildman–Crippen MR) is 110 cm³/mol. The summed E-state index contributed by atoms with van der Waals surface area (Å²) < 4.78 is 0. The Morgan fingerprint density at radius 2 is 1.68 bits per heavy atom. The maximum atomic E-state index is 12.5. The molecule has 1 fully saturated rings. The zero-order valence-corrected chi connectivity index (χ0v) is 17.8. The van der Waals surface area contributed by atoms with Crippen LogP contribution >= 0.6 is 0 Å². The van der Waals surface area contributed by atoms with Gasteiger partial charge in [-0.2, -0.15) is 0 Å². The Hall–Kier alpha value is -2.63. The number of aryl methyl sites for hydroxylation is 1. The molecule has 0 radical (unpaired) electrons. The second kappa shape index (κ2) is 6.76. The number of urea groups is 1. The molecule has 1 saturated heterocycles. The molecule has 0 aromatic heterocycles. The van der Waals surface area contributed by atoms with E-state index in [1.807, 2.05) is 6.92 Å². The zero-order valence-electron chi connectivity index (χ0n) is 17.8. The smallest absolute Gasteiger partial charge is 0.333 e. The van der Waals surface area contributed by atoms with Gasteiger partial charge in [0.15, 0.2) is 0 Å². The molecule has 0 saturated carbocycles. The van der Waals surface area contributed by atoms with E-state index in [2.05, 4.69) is 44.7 Å². The number of hydrogen-bond donors (Lipinski definition) is 0. The van der Waals surface area contributed by atoms with Gasteiger partial charge in [-0.1, -0.05) is 6.92 Å². The zero-order chi connectivity index (χ0) is 21.0. The molecule has 2 aliphatic heterocycles. The summed E-state index contributed by atoms with van der Waals surface area (Å²) in [4.78, 5) is 41.4. The van der Waals surface area contributed by atoms with Crippen LogP contribution in [0.3, 0.4) is 0 Å². The average Bonchev–Trinajstić information content (AvgIpc) is 2.62. The van der Waals surface area contributed by atoms with Crippen LogP contribution in [0.25, 0.3) is 6.08 Å². The van der Waals surface area contributed by atoms with Crippen LogP contribution in [-0.2, 0) is 9.59 Å². The number of nitrogens with zero attached hydrogens (tertiary/aromatic N) is 3. The first-order valence-corrected chi connectivity index (χ1v) is 9.73. The predicted octanol–water partition coefficient (Wildman–Crippen LogP) is 3.54. The molecule has 28 heavy (non-hydrogen) atoms. The third kappa shape index (κ3) is 3.01. The van der Waals surface area contributed by atoms with Crippen molar-refractivity contribution in [2.45, 2.75) is 52.5 Å². The first kappa shape index (κ1) is 20.1. The summed E-state index contributed by atoms with van der Waals surface area (Å²) in [6.45, 7) is 11.8. The molecule has 2 heterocycles. The lowest BCUT2D eigenvalue weighted by molar-refractivity contribution is -0.134. The van der Waals surface area contributed by atoms with E-state index in [4.69, 9.17) is 0 Å². The Morgan fingerprint density at radius 3 is 2.21 bits per heavy atom. The van der Waals surface area contributed by atoms with E-state index in [1.165, 1.54) is 25.3 Å². The van der Waals surface area contributed by atoms with E-state index < -0.39 is 17.8 Å². The minimum atomic E-state index is -0.608. The van der Waals surface area contributed by atoms with Crippen molar-refractivity contribution in [3.8, 4) is 0 Å². The van der Waals surface area contributed by atoms with Gasteiger partial charge in [0.2, 0.25) is 0 Å². The van der Waals surface area contributed by atoms with Crippen LogP contribution in [0.4, 0.5) is 10.5 Å². The molecule has 4 amide bonds. The third-order valence-corrected chi connectivity index (χ3v) is 6.03. The fourth-order valence-electron chi connectivity index (χ4n) is 4.54. The van der Waals surface area contributed by atoms with Crippen molar-refractivity contribution < 1.29 is 14.4 Å². The Bertz CT molecular complexity index is 875. The maximum Gasteiger partial charge on any atom is 0.333 e. The highest BCUT2D eigenvalue weighted by molar-refractivity contribution is 6.30. The number of anilines is 1. The van der Waals surface area contributed by atoms with E-state index in [1.54, 1.807) is 6.08 Å². The van der Waals surface area contributed by atoms with Crippen LogP contribution in [0.1, 0.15) is 56.7 Å². The summed E-state index contributed by atoms with van der Waals surface area (Å²) in [7, 11) is 2.79. The molecule has 1 atom stereocenters. The fraction of sp³-hybridized carbons (Fsp3) is 0.500. The standard InChI is InChI=1S/C22H29N3O3/c1-8-25-18-9-13(2)15(10-16(18)14(3)12-22(25,4)5)11-17-19(26)23(6)21(28)24(7)20(17)27/h9-11,14H,8,12H2,1-7H3. The summed E-state index contributed by atoms with van der Waals surface area (Å²) in [6, 6.07) is 3.64. The normalized spacial score (nSPS) is 22.0. The number of imide groups is 2. The molecule has 0 spiro atoms. The largest absolute Gasteiger partial charge is 0.366 e. The van der Waals surface area contributed by atoms with Gasteiger partial charge in [-0.3, -0.25) is 19.4 Å². The van der Waals surface area contributed by atoms with Crippen LogP contribution < -0.4 is 4.90 Å². The minimum Gasteiger partial charge on any atom is -0.366 e. The monoisotopic (exact) mass is 383 g/mol. The third-order valence-electron chi connectivity index (χ3n) is 6.03. The lowest BCUT2D eigenvalue weighted by Gasteiger charge is -2.47. The van der Waals surface area contributed by atoms with Gasteiger partial charge >= 0.3 is 6.03 Å². The number of carbonyl (C=O) groups is 3. The van der Waals surface area contributed by atoms with Crippen LogP contribution in [0.15, 0.2) is 17.7 Å². The molecule has 0 aliphatic carbocycles. The highest BCUT2D eigenvalue weighted by Gasteiger charge is 2.39. The summed E-state index contributed by atoms with van der Waals surface area (Å²) in [5.41, 5.74) is 4.38. The van der Waals surface area contributed by atoms with Gasteiger partial charge in [0.25, 0.3) is 11.8 Å². The second-order valence-electron chi connectivity index (χ2n) is 8.50. The van der Waals surface area contributed by atoms with Gasteiger partial charge in [-0.25, -0.2) is 4.79 Å². The number of fused-ring (bicyclic) bond motifs is 1. The number of hydrogen-bond acceptors (Lipinski definition) is 4. The highest BCUT2D eigenvalue weighted by atomic mass is 16.2. The van der Waals surface area contributed by atoms with E-state index in [9.17, 15) is 14.4 Å². The fourth-order valence-corrected chi connectivity index (χ4v) is 4.54. The molecule has 2 aliphatic rings. The van der Waals surface area contributed by atoms with Crippen molar-refractivity contribution >= 4 is 29.6 Å². The van der Waals surface area contributed by atoms with Crippen molar-refractivity contribution in [1.82, 2.24) is 9.80 Å². The number of barbiturate groups is 1. The number of likely N-dealkylation sites (N-methyl/N-ethyl adjacent to an activating group) is 2. The van der Waals surface area contributed by atoms with Gasteiger partial charge in [-0.15, -0.1) is 0 Å². The molecule has 6 heteroatoms. The van der Waals surface area contributed by atoms with Crippen molar-refractivity contribution in [2.75, 3.05) is 25.5 Å².